The predicted octanol–water partition coefficient (Wildman–Crippen LogP) is 2.93. The minimum Gasteiger partial charge on any atom is -0.455 e. The van der Waals surface area contributed by atoms with Crippen LogP contribution in [-0.2, 0) is 10.0 Å². The molecule has 0 heterocycles. The van der Waals surface area contributed by atoms with Gasteiger partial charge < -0.3 is 9.84 Å². The molecule has 0 saturated carbocycles. The molecule has 0 fully saturated rings. The van der Waals surface area contributed by atoms with Crippen molar-refractivity contribution < 1.29 is 23.2 Å². The molecule has 140 valence electrons. The molecule has 2 aromatic rings. The van der Waals surface area contributed by atoms with Gasteiger partial charge in [-0.1, -0.05) is 18.2 Å². The van der Waals surface area contributed by atoms with Crippen LogP contribution < -0.4 is 9.04 Å². The van der Waals surface area contributed by atoms with Crippen molar-refractivity contribution in [3.05, 3.63) is 58.6 Å². The Bertz CT molecular complexity index is 855. The number of aliphatic hydroxyl groups excluding tert-OH is 1. The van der Waals surface area contributed by atoms with Gasteiger partial charge in [-0.25, -0.2) is 8.42 Å². The van der Waals surface area contributed by atoms with Crippen molar-refractivity contribution in [2.24, 2.45) is 0 Å². The van der Waals surface area contributed by atoms with Crippen LogP contribution in [-0.4, -0.2) is 37.9 Å². The van der Waals surface area contributed by atoms with Gasteiger partial charge in [-0.15, -0.1) is 0 Å². The number of unbranched alkanes of at least 4 members (excludes halogenated alkanes) is 1. The van der Waals surface area contributed by atoms with Gasteiger partial charge in [0, 0.05) is 19.2 Å². The molecule has 0 bridgehead atoms. The van der Waals surface area contributed by atoms with E-state index in [1.165, 1.54) is 18.2 Å². The molecule has 26 heavy (non-hydrogen) atoms. The van der Waals surface area contributed by atoms with E-state index in [0.717, 1.165) is 10.6 Å². The van der Waals surface area contributed by atoms with Crippen LogP contribution in [0.4, 0.5) is 11.4 Å². The number of nitro benzene ring substituents is 1. The number of para-hydroxylation sites is 1. The molecule has 0 radical (unpaired) electrons. The van der Waals surface area contributed by atoms with E-state index >= 15 is 0 Å². The van der Waals surface area contributed by atoms with Gasteiger partial charge >= 0.3 is 0 Å². The fourth-order valence-electron chi connectivity index (χ4n) is 2.35. The summed E-state index contributed by atoms with van der Waals surface area (Å²) in [5.74, 6) is 0.498. The van der Waals surface area contributed by atoms with Gasteiger partial charge in [0.1, 0.15) is 5.75 Å². The van der Waals surface area contributed by atoms with Crippen molar-refractivity contribution in [1.82, 2.24) is 0 Å². The Morgan fingerprint density at radius 1 is 1.15 bits per heavy atom. The normalized spacial score (nSPS) is 11.2. The second-order valence-electron chi connectivity index (χ2n) is 5.59. The molecule has 0 aliphatic carbocycles. The number of hydrogen-bond acceptors (Lipinski definition) is 6. The van der Waals surface area contributed by atoms with Crippen molar-refractivity contribution in [1.29, 1.82) is 0 Å². The lowest BCUT2D eigenvalue weighted by atomic mass is 10.2. The number of non-ortho nitro benzene ring substituents is 1. The highest BCUT2D eigenvalue weighted by atomic mass is 32.2. The first-order valence-electron chi connectivity index (χ1n) is 7.93. The molecular weight excluding hydrogens is 360 g/mol. The third kappa shape index (κ3) is 5.17. The van der Waals surface area contributed by atoms with Gasteiger partial charge in [0.05, 0.1) is 22.9 Å². The Morgan fingerprint density at radius 2 is 1.85 bits per heavy atom. The van der Waals surface area contributed by atoms with Crippen molar-refractivity contribution in [3.8, 4) is 11.5 Å². The van der Waals surface area contributed by atoms with Gasteiger partial charge in [0.2, 0.25) is 10.0 Å². The molecule has 1 N–H and O–H groups in total. The molecule has 2 rings (SSSR count). The van der Waals surface area contributed by atoms with Crippen LogP contribution in [0.15, 0.2) is 48.5 Å². The summed E-state index contributed by atoms with van der Waals surface area (Å²) >= 11 is 0. The first kappa shape index (κ1) is 19.7. The van der Waals surface area contributed by atoms with Crippen LogP contribution >= 0.6 is 0 Å². The van der Waals surface area contributed by atoms with Gasteiger partial charge in [0.25, 0.3) is 5.69 Å². The third-order valence-corrected chi connectivity index (χ3v) is 4.74. The molecule has 0 atom stereocenters. The van der Waals surface area contributed by atoms with Crippen LogP contribution in [0.2, 0.25) is 0 Å². The largest absolute Gasteiger partial charge is 0.455 e. The summed E-state index contributed by atoms with van der Waals surface area (Å²) in [4.78, 5) is 10.5. The van der Waals surface area contributed by atoms with E-state index in [4.69, 9.17) is 9.84 Å². The van der Waals surface area contributed by atoms with Crippen LogP contribution in [0.5, 0.6) is 11.5 Å². The van der Waals surface area contributed by atoms with Crippen molar-refractivity contribution >= 4 is 21.4 Å². The average molecular weight is 380 g/mol. The highest BCUT2D eigenvalue weighted by molar-refractivity contribution is 7.92. The topological polar surface area (TPSA) is 110 Å². The van der Waals surface area contributed by atoms with Crippen molar-refractivity contribution in [2.75, 3.05) is 23.7 Å². The maximum atomic E-state index is 12.2. The minimum atomic E-state index is -3.64. The smallest absolute Gasteiger partial charge is 0.273 e. The van der Waals surface area contributed by atoms with Crippen LogP contribution in [0.3, 0.4) is 0 Å². The SMILES string of the molecule is CS(=O)(=O)N(CCCCO)c1ccc([N+](=O)[O-])cc1Oc1ccccc1. The predicted molar refractivity (Wildman–Crippen MR) is 98.1 cm³/mol. The Balaban J connectivity index is 2.48. The Hall–Kier alpha value is -2.65. The number of rotatable bonds is 9. The second kappa shape index (κ2) is 8.63. The van der Waals surface area contributed by atoms with Crippen molar-refractivity contribution in [2.45, 2.75) is 12.8 Å². The van der Waals surface area contributed by atoms with Gasteiger partial charge in [0.15, 0.2) is 5.75 Å². The standard InChI is InChI=1S/C17H20N2O6S/c1-26(23,24)18(11-5-6-12-20)16-10-9-14(19(21)22)13-17(16)25-15-7-3-2-4-8-15/h2-4,7-10,13,20H,5-6,11-12H2,1H3. The first-order chi connectivity index (χ1) is 12.3. The first-order valence-corrected chi connectivity index (χ1v) is 9.77. The highest BCUT2D eigenvalue weighted by Gasteiger charge is 2.23. The van der Waals surface area contributed by atoms with E-state index in [-0.39, 0.29) is 30.3 Å². The number of nitro groups is 1. The quantitative estimate of drug-likeness (QED) is 0.407. The molecule has 0 spiro atoms. The van der Waals surface area contributed by atoms with Crippen molar-refractivity contribution in [3.63, 3.8) is 0 Å². The molecule has 0 amide bonds. The third-order valence-electron chi connectivity index (χ3n) is 3.56. The number of sulfonamides is 1. The number of ether oxygens (including phenoxy) is 1. The maximum Gasteiger partial charge on any atom is 0.273 e. The van der Waals surface area contributed by atoms with Gasteiger partial charge in [-0.2, -0.15) is 0 Å². The number of anilines is 1. The van der Waals surface area contributed by atoms with E-state index in [2.05, 4.69) is 0 Å². The molecule has 2 aromatic carbocycles. The summed E-state index contributed by atoms with van der Waals surface area (Å²) in [7, 11) is -3.64. The molecule has 0 unspecified atom stereocenters. The van der Waals surface area contributed by atoms with Gasteiger partial charge in [-0.05, 0) is 31.0 Å². The summed E-state index contributed by atoms with van der Waals surface area (Å²) in [6.07, 6.45) is 1.93. The second-order valence-corrected chi connectivity index (χ2v) is 7.50. The number of hydrogen-bond donors (Lipinski definition) is 1. The molecule has 9 heteroatoms. The summed E-state index contributed by atoms with van der Waals surface area (Å²) in [5.41, 5.74) is 0.00313. The highest BCUT2D eigenvalue weighted by Crippen LogP contribution is 2.36. The van der Waals surface area contributed by atoms with Crippen LogP contribution in [0.1, 0.15) is 12.8 Å². The Kier molecular flexibility index (Phi) is 6.53. The Labute approximate surface area is 151 Å². The van der Waals surface area contributed by atoms with E-state index < -0.39 is 14.9 Å². The summed E-state index contributed by atoms with van der Waals surface area (Å²) < 4.78 is 31.3. The van der Waals surface area contributed by atoms with E-state index in [1.807, 2.05) is 0 Å². The Morgan fingerprint density at radius 3 is 2.42 bits per heavy atom. The molecule has 8 nitrogen and oxygen atoms in total. The molecular formula is C17H20N2O6S. The van der Waals surface area contributed by atoms with E-state index in [0.29, 0.717) is 18.6 Å². The zero-order valence-corrected chi connectivity index (χ0v) is 15.1. The lowest BCUT2D eigenvalue weighted by Gasteiger charge is -2.24. The van der Waals surface area contributed by atoms with E-state index in [9.17, 15) is 18.5 Å². The minimum absolute atomic E-state index is 0.0504. The summed E-state index contributed by atoms with van der Waals surface area (Å²) in [5, 5.41) is 20.0. The lowest BCUT2D eigenvalue weighted by Crippen LogP contribution is -2.31. The fraction of sp³-hybridized carbons (Fsp3) is 0.294. The molecule has 0 aliphatic rings. The molecule has 0 aromatic heterocycles. The van der Waals surface area contributed by atoms with E-state index in [1.54, 1.807) is 30.3 Å². The number of aliphatic hydroxyl groups is 1. The molecule has 0 saturated heterocycles. The number of nitrogens with zero attached hydrogens (tertiary/aromatic N) is 2. The zero-order valence-electron chi connectivity index (χ0n) is 14.2. The lowest BCUT2D eigenvalue weighted by molar-refractivity contribution is -0.384. The summed E-state index contributed by atoms with van der Waals surface area (Å²) in [6, 6.07) is 12.4. The van der Waals surface area contributed by atoms with Crippen LogP contribution in [0, 0.1) is 10.1 Å². The monoisotopic (exact) mass is 380 g/mol. The molecule has 0 aliphatic heterocycles. The number of benzene rings is 2. The zero-order chi connectivity index (χ0) is 19.2. The van der Waals surface area contributed by atoms with Crippen LogP contribution in [0.25, 0.3) is 0 Å². The fourth-order valence-corrected chi connectivity index (χ4v) is 3.32. The average Bonchev–Trinajstić information content (AvgIpc) is 2.59. The summed E-state index contributed by atoms with van der Waals surface area (Å²) in [6.45, 7) is 0.0770. The van der Waals surface area contributed by atoms with Gasteiger partial charge in [-0.3, -0.25) is 14.4 Å². The maximum absolute atomic E-state index is 12.2.